The van der Waals surface area contributed by atoms with Gasteiger partial charge in [0.2, 0.25) is 0 Å². The first kappa shape index (κ1) is 19.6. The van der Waals surface area contributed by atoms with E-state index in [1.54, 1.807) is 19.2 Å². The van der Waals surface area contributed by atoms with Crippen LogP contribution in [0.4, 0.5) is 5.69 Å². The molecule has 0 fully saturated rings. The quantitative estimate of drug-likeness (QED) is 0.636. The molecule has 0 aliphatic rings. The van der Waals surface area contributed by atoms with Crippen molar-refractivity contribution >= 4 is 11.7 Å². The van der Waals surface area contributed by atoms with Crippen molar-refractivity contribution in [2.24, 2.45) is 5.73 Å². The first-order valence-electron chi connectivity index (χ1n) is 8.62. The number of carbonyl (C=O) groups is 1. The summed E-state index contributed by atoms with van der Waals surface area (Å²) in [6, 6.07) is 14.9. The molecular weight excluding hydrogens is 332 g/mol. The minimum Gasteiger partial charge on any atom is -0.494 e. The van der Waals surface area contributed by atoms with E-state index in [9.17, 15) is 4.79 Å². The Morgan fingerprint density at radius 3 is 2.65 bits per heavy atom. The summed E-state index contributed by atoms with van der Waals surface area (Å²) in [5.74, 6) is 0.733. The Bertz CT molecular complexity index is 691. The molecule has 0 bridgehead atoms. The van der Waals surface area contributed by atoms with Gasteiger partial charge < -0.3 is 25.3 Å². The van der Waals surface area contributed by atoms with Gasteiger partial charge >= 0.3 is 5.97 Å². The van der Waals surface area contributed by atoms with Crippen molar-refractivity contribution in [1.29, 1.82) is 0 Å². The van der Waals surface area contributed by atoms with E-state index in [1.807, 2.05) is 43.3 Å². The van der Waals surface area contributed by atoms with Crippen molar-refractivity contribution < 1.29 is 19.0 Å². The monoisotopic (exact) mass is 358 g/mol. The Morgan fingerprint density at radius 1 is 1.19 bits per heavy atom. The molecule has 2 aromatic rings. The van der Waals surface area contributed by atoms with Gasteiger partial charge in [-0.2, -0.15) is 0 Å². The van der Waals surface area contributed by atoms with Crippen LogP contribution >= 0.6 is 0 Å². The molecule has 0 aromatic heterocycles. The second-order valence-corrected chi connectivity index (χ2v) is 5.85. The smallest absolute Gasteiger partial charge is 0.344 e. The number of rotatable bonds is 10. The van der Waals surface area contributed by atoms with Crippen molar-refractivity contribution in [2.75, 3.05) is 25.6 Å². The first-order chi connectivity index (χ1) is 12.6. The normalized spacial score (nSPS) is 11.5. The Labute approximate surface area is 154 Å². The lowest BCUT2D eigenvalue weighted by molar-refractivity contribution is -0.147. The molecular formula is C20H26N2O4. The Balaban J connectivity index is 1.84. The molecule has 3 N–H and O–H groups in total. The highest BCUT2D eigenvalue weighted by Crippen LogP contribution is 2.29. The van der Waals surface area contributed by atoms with Crippen LogP contribution in [0.15, 0.2) is 48.5 Å². The van der Waals surface area contributed by atoms with Crippen LogP contribution in [0.1, 0.15) is 18.9 Å². The maximum absolute atomic E-state index is 11.8. The molecule has 0 spiro atoms. The second-order valence-electron chi connectivity index (χ2n) is 5.85. The predicted molar refractivity (Wildman–Crippen MR) is 101 cm³/mol. The maximum atomic E-state index is 11.8. The Morgan fingerprint density at radius 2 is 1.96 bits per heavy atom. The summed E-state index contributed by atoms with van der Waals surface area (Å²) in [7, 11) is 1.58. The average molecular weight is 358 g/mol. The molecule has 0 aliphatic heterocycles. The summed E-state index contributed by atoms with van der Waals surface area (Å²) in [5.41, 5.74) is 7.68. The third-order valence-corrected chi connectivity index (χ3v) is 3.85. The van der Waals surface area contributed by atoms with E-state index in [-0.39, 0.29) is 19.3 Å². The fourth-order valence-corrected chi connectivity index (χ4v) is 2.21. The summed E-state index contributed by atoms with van der Waals surface area (Å²) in [5, 5.41) is 3.25. The molecule has 0 unspecified atom stereocenters. The van der Waals surface area contributed by atoms with E-state index in [0.717, 1.165) is 17.7 Å². The largest absolute Gasteiger partial charge is 0.494 e. The lowest BCUT2D eigenvalue weighted by atomic mass is 10.2. The van der Waals surface area contributed by atoms with Crippen LogP contribution in [0, 0.1) is 0 Å². The third kappa shape index (κ3) is 6.29. The maximum Gasteiger partial charge on any atom is 0.344 e. The van der Waals surface area contributed by atoms with Crippen molar-refractivity contribution in [1.82, 2.24) is 0 Å². The number of nitrogens with two attached hydrogens (primary N) is 1. The van der Waals surface area contributed by atoms with Gasteiger partial charge in [0.15, 0.2) is 6.61 Å². The highest BCUT2D eigenvalue weighted by atomic mass is 16.6. The van der Waals surface area contributed by atoms with Crippen molar-refractivity contribution in [3.05, 3.63) is 54.1 Å². The Kier molecular flexibility index (Phi) is 7.76. The fraction of sp³-hybridized carbons (Fsp3) is 0.350. The zero-order chi connectivity index (χ0) is 18.8. The van der Waals surface area contributed by atoms with Crippen LogP contribution in [-0.2, 0) is 16.1 Å². The number of ether oxygens (including phenoxy) is 3. The summed E-state index contributed by atoms with van der Waals surface area (Å²) in [6.07, 6.45) is 0.890. The molecule has 0 radical (unpaired) electrons. The van der Waals surface area contributed by atoms with E-state index in [1.165, 1.54) is 0 Å². The number of esters is 1. The standard InChI is InChI=1S/C20H26N2O4/c1-3-16(21)12-22-18-10-9-17(11-19(18)24-2)25-14-20(23)26-13-15-7-5-4-6-8-15/h4-11,16,22H,3,12-14,21H2,1-2H3/t16-/m0/s1. The molecule has 6 nitrogen and oxygen atoms in total. The van der Waals surface area contributed by atoms with E-state index < -0.39 is 5.97 Å². The van der Waals surface area contributed by atoms with Crippen LogP contribution in [-0.4, -0.2) is 32.3 Å². The van der Waals surface area contributed by atoms with Crippen LogP contribution < -0.4 is 20.5 Å². The van der Waals surface area contributed by atoms with Crippen LogP contribution in [0.3, 0.4) is 0 Å². The van der Waals surface area contributed by atoms with Gasteiger partial charge in [0.25, 0.3) is 0 Å². The summed E-state index contributed by atoms with van der Waals surface area (Å²) in [6.45, 7) is 2.76. The summed E-state index contributed by atoms with van der Waals surface area (Å²) in [4.78, 5) is 11.8. The number of benzene rings is 2. The van der Waals surface area contributed by atoms with Crippen LogP contribution in [0.5, 0.6) is 11.5 Å². The lowest BCUT2D eigenvalue weighted by Gasteiger charge is -2.15. The summed E-state index contributed by atoms with van der Waals surface area (Å²) < 4.78 is 16.0. The molecule has 1 atom stereocenters. The third-order valence-electron chi connectivity index (χ3n) is 3.85. The van der Waals surface area contributed by atoms with Gasteiger partial charge in [0, 0.05) is 18.7 Å². The molecule has 2 rings (SSSR count). The molecule has 0 saturated carbocycles. The van der Waals surface area contributed by atoms with E-state index in [0.29, 0.717) is 18.0 Å². The van der Waals surface area contributed by atoms with Gasteiger partial charge in [-0.3, -0.25) is 0 Å². The van der Waals surface area contributed by atoms with Gasteiger partial charge in [-0.15, -0.1) is 0 Å². The number of methoxy groups -OCH3 is 1. The molecule has 26 heavy (non-hydrogen) atoms. The molecule has 0 amide bonds. The van der Waals surface area contributed by atoms with E-state index in [2.05, 4.69) is 5.32 Å². The SMILES string of the molecule is CC[C@H](N)CNc1ccc(OCC(=O)OCc2ccccc2)cc1OC. The number of anilines is 1. The topological polar surface area (TPSA) is 82.8 Å². The number of nitrogens with one attached hydrogen (secondary N) is 1. The minimum atomic E-state index is -0.427. The number of carbonyl (C=O) groups excluding carboxylic acids is 1. The number of hydrogen-bond acceptors (Lipinski definition) is 6. The van der Waals surface area contributed by atoms with E-state index in [4.69, 9.17) is 19.9 Å². The fourth-order valence-electron chi connectivity index (χ4n) is 2.21. The highest BCUT2D eigenvalue weighted by molar-refractivity contribution is 5.71. The molecule has 6 heteroatoms. The highest BCUT2D eigenvalue weighted by Gasteiger charge is 2.09. The first-order valence-corrected chi connectivity index (χ1v) is 8.62. The molecule has 0 saturated heterocycles. The average Bonchev–Trinajstić information content (AvgIpc) is 2.69. The lowest BCUT2D eigenvalue weighted by Crippen LogP contribution is -2.28. The molecule has 2 aromatic carbocycles. The van der Waals surface area contributed by atoms with Gasteiger partial charge in [-0.05, 0) is 24.1 Å². The summed E-state index contributed by atoms with van der Waals surface area (Å²) >= 11 is 0. The molecule has 0 heterocycles. The molecule has 0 aliphatic carbocycles. The van der Waals surface area contributed by atoms with Gasteiger partial charge in [-0.1, -0.05) is 37.3 Å². The zero-order valence-corrected chi connectivity index (χ0v) is 15.2. The van der Waals surface area contributed by atoms with Crippen molar-refractivity contribution in [2.45, 2.75) is 26.0 Å². The second kappa shape index (κ2) is 10.3. The molecule has 140 valence electrons. The van der Waals surface area contributed by atoms with Gasteiger partial charge in [-0.25, -0.2) is 4.79 Å². The van der Waals surface area contributed by atoms with E-state index >= 15 is 0 Å². The van der Waals surface area contributed by atoms with Crippen LogP contribution in [0.25, 0.3) is 0 Å². The van der Waals surface area contributed by atoms with Gasteiger partial charge in [0.1, 0.15) is 18.1 Å². The zero-order valence-electron chi connectivity index (χ0n) is 15.2. The number of hydrogen-bond donors (Lipinski definition) is 2. The van der Waals surface area contributed by atoms with Crippen molar-refractivity contribution in [3.8, 4) is 11.5 Å². The Hall–Kier alpha value is -2.73. The van der Waals surface area contributed by atoms with Crippen molar-refractivity contribution in [3.63, 3.8) is 0 Å². The predicted octanol–water partition coefficient (Wildman–Crippen LogP) is 2.97. The van der Waals surface area contributed by atoms with Crippen LogP contribution in [0.2, 0.25) is 0 Å². The minimum absolute atomic E-state index is 0.0787. The van der Waals surface area contributed by atoms with Gasteiger partial charge in [0.05, 0.1) is 12.8 Å².